The zero-order chi connectivity index (χ0) is 35.8. The molecular weight excluding hydrogens is 673 g/mol. The first-order valence-electron chi connectivity index (χ1n) is 16.2. The molecule has 13 heteroatoms. The number of hydroxylamine groups is 4. The Labute approximate surface area is 301 Å². The van der Waals surface area contributed by atoms with Gasteiger partial charge in [-0.15, -0.1) is 0 Å². The molecule has 2 aliphatic heterocycles. The van der Waals surface area contributed by atoms with Crippen LogP contribution in [0.2, 0.25) is 18.1 Å². The molecule has 0 unspecified atom stereocenters. The molecular formula is C38H52N2O10Si. The minimum absolute atomic E-state index is 0. The summed E-state index contributed by atoms with van der Waals surface area (Å²) in [6.07, 6.45) is 0.604. The van der Waals surface area contributed by atoms with Gasteiger partial charge in [-0.3, -0.25) is 28.9 Å². The van der Waals surface area contributed by atoms with Crippen molar-refractivity contribution in [3.63, 3.8) is 0 Å². The van der Waals surface area contributed by atoms with Crippen molar-refractivity contribution >= 4 is 31.7 Å². The standard InChI is InChI=1S/C21H29NO5Si.C15H15NO5.2CH4/c1-20(2,3)28(4,5)27-18-16(23)11-12-21(19(18)25)13-17(24)22(21)26-14-15-9-7-6-8-10-15;17-11-6-7-15(14(20)13(11)19)8-12(18)16(15)21-9-10-4-2-1-3-5-10;;/h6-12,18-19,25H,13-14H2,1-5H3;1-7,13-14,19-20H,8-9H2;2*1H4/t18-,19-,21+;13-,14-,15+;;/m11../s1. The van der Waals surface area contributed by atoms with Crippen molar-refractivity contribution in [1.29, 1.82) is 0 Å². The number of aliphatic hydroxyl groups excluding tert-OH is 3. The Morgan fingerprint density at radius 3 is 1.53 bits per heavy atom. The van der Waals surface area contributed by atoms with Gasteiger partial charge in [0.15, 0.2) is 19.9 Å². The number of amides is 2. The van der Waals surface area contributed by atoms with Gasteiger partial charge in [0, 0.05) is 0 Å². The van der Waals surface area contributed by atoms with Gasteiger partial charge < -0.3 is 19.7 Å². The molecule has 51 heavy (non-hydrogen) atoms. The third kappa shape index (κ3) is 7.99. The minimum Gasteiger partial charge on any atom is -0.404 e. The number of hydrogen-bond acceptors (Lipinski definition) is 10. The number of hydrogen-bond donors (Lipinski definition) is 3. The molecule has 6 atom stereocenters. The molecule has 0 saturated carbocycles. The predicted molar refractivity (Wildman–Crippen MR) is 193 cm³/mol. The van der Waals surface area contributed by atoms with Crippen LogP contribution in [0.25, 0.3) is 0 Å². The van der Waals surface area contributed by atoms with E-state index in [0.717, 1.165) is 16.2 Å². The van der Waals surface area contributed by atoms with Crippen molar-refractivity contribution in [1.82, 2.24) is 10.1 Å². The van der Waals surface area contributed by atoms with Crippen molar-refractivity contribution in [2.45, 2.75) is 115 Å². The highest BCUT2D eigenvalue weighted by Gasteiger charge is 2.62. The number of carbonyl (C=O) groups is 4. The lowest BCUT2D eigenvalue weighted by atomic mass is 9.74. The molecule has 2 aliphatic carbocycles. The molecule has 2 amide bonds. The number of rotatable bonds is 8. The highest BCUT2D eigenvalue weighted by atomic mass is 28.4. The lowest BCUT2D eigenvalue weighted by molar-refractivity contribution is -0.275. The minimum atomic E-state index is -2.30. The average Bonchev–Trinajstić information content (AvgIpc) is 3.05. The van der Waals surface area contributed by atoms with Crippen LogP contribution in [0.4, 0.5) is 0 Å². The zero-order valence-electron chi connectivity index (χ0n) is 28.3. The molecule has 2 spiro atoms. The van der Waals surface area contributed by atoms with Crippen molar-refractivity contribution in [2.75, 3.05) is 0 Å². The van der Waals surface area contributed by atoms with Crippen LogP contribution < -0.4 is 0 Å². The van der Waals surface area contributed by atoms with E-state index >= 15 is 0 Å². The van der Waals surface area contributed by atoms with E-state index in [4.69, 9.17) is 14.1 Å². The fraction of sp³-hybridized carbons (Fsp3) is 0.474. The summed E-state index contributed by atoms with van der Waals surface area (Å²) >= 11 is 0. The summed E-state index contributed by atoms with van der Waals surface area (Å²) in [5.74, 6) is -1.36. The molecule has 2 fully saturated rings. The van der Waals surface area contributed by atoms with Gasteiger partial charge in [0.05, 0.1) is 12.8 Å². The fourth-order valence-electron chi connectivity index (χ4n) is 5.87. The normalized spacial score (nSPS) is 28.4. The van der Waals surface area contributed by atoms with Crippen molar-refractivity contribution in [3.8, 4) is 0 Å². The smallest absolute Gasteiger partial charge is 0.249 e. The molecule has 3 N–H and O–H groups in total. The number of carbonyl (C=O) groups excluding carboxylic acids is 4. The SMILES string of the molecule is C.C.CC(C)(C)[Si](C)(C)O[C@@H]1C(=O)C=C[C@]2(CC(=O)N2OCc2ccccc2)[C@@H]1O.O=C1C=C[C@]2(CC(=O)N2OCc2ccccc2)[C@H](O)[C@@H]1O. The molecule has 2 saturated heterocycles. The molecule has 0 bridgehead atoms. The first-order valence-corrected chi connectivity index (χ1v) is 19.1. The van der Waals surface area contributed by atoms with Crippen molar-refractivity contribution in [3.05, 3.63) is 96.1 Å². The third-order valence-electron chi connectivity index (χ3n) is 9.97. The summed E-state index contributed by atoms with van der Waals surface area (Å²) in [7, 11) is -2.30. The summed E-state index contributed by atoms with van der Waals surface area (Å²) in [5, 5.41) is 33.0. The van der Waals surface area contributed by atoms with E-state index in [-0.39, 0.29) is 63.5 Å². The molecule has 2 heterocycles. The fourth-order valence-corrected chi connectivity index (χ4v) is 7.11. The highest BCUT2D eigenvalue weighted by Crippen LogP contribution is 2.44. The van der Waals surface area contributed by atoms with E-state index in [9.17, 15) is 34.5 Å². The number of β-lactam (4-membered cyclic amide) rings is 2. The topological polar surface area (TPSA) is 163 Å². The summed E-state index contributed by atoms with van der Waals surface area (Å²) in [4.78, 5) is 59.1. The maximum Gasteiger partial charge on any atom is 0.249 e. The second kappa shape index (κ2) is 15.8. The summed E-state index contributed by atoms with van der Waals surface area (Å²) in [5.41, 5.74) is -0.429. The van der Waals surface area contributed by atoms with Crippen molar-refractivity contribution in [2.24, 2.45) is 0 Å². The molecule has 2 aromatic carbocycles. The first kappa shape index (κ1) is 41.6. The Morgan fingerprint density at radius 1 is 0.706 bits per heavy atom. The van der Waals surface area contributed by atoms with Gasteiger partial charge in [-0.25, -0.2) is 10.1 Å². The second-order valence-electron chi connectivity index (χ2n) is 14.3. The van der Waals surface area contributed by atoms with Crippen LogP contribution in [0, 0.1) is 0 Å². The Hall–Kier alpha value is -3.82. The van der Waals surface area contributed by atoms with Crippen LogP contribution in [-0.2, 0) is 46.5 Å². The van der Waals surface area contributed by atoms with Gasteiger partial charge in [-0.05, 0) is 53.6 Å². The number of aliphatic hydroxyl groups is 3. The summed E-state index contributed by atoms with van der Waals surface area (Å²) in [6.45, 7) is 10.7. The molecule has 6 rings (SSSR count). The van der Waals surface area contributed by atoms with Crippen molar-refractivity contribution < 1.29 is 48.6 Å². The Kier molecular flexibility index (Phi) is 12.9. The van der Waals surface area contributed by atoms with Gasteiger partial charge in [0.25, 0.3) is 0 Å². The third-order valence-corrected chi connectivity index (χ3v) is 14.4. The molecule has 12 nitrogen and oxygen atoms in total. The Bertz CT molecular complexity index is 1630. The lowest BCUT2D eigenvalue weighted by Crippen LogP contribution is -2.73. The number of ketones is 2. The summed E-state index contributed by atoms with van der Waals surface area (Å²) in [6, 6.07) is 18.8. The molecule has 2 aromatic rings. The number of benzene rings is 2. The van der Waals surface area contributed by atoms with Crippen LogP contribution in [0.1, 0.15) is 59.6 Å². The van der Waals surface area contributed by atoms with E-state index in [1.165, 1.54) is 23.3 Å². The number of nitrogens with zero attached hydrogens (tertiary/aromatic N) is 2. The van der Waals surface area contributed by atoms with E-state index in [2.05, 4.69) is 20.8 Å². The van der Waals surface area contributed by atoms with E-state index in [1.54, 1.807) is 6.08 Å². The van der Waals surface area contributed by atoms with E-state index in [0.29, 0.717) is 0 Å². The zero-order valence-corrected chi connectivity index (χ0v) is 29.3. The molecule has 4 aliphatic rings. The van der Waals surface area contributed by atoms with Crippen LogP contribution in [0.3, 0.4) is 0 Å². The average molecular weight is 725 g/mol. The summed E-state index contributed by atoms with van der Waals surface area (Å²) < 4.78 is 6.24. The van der Waals surface area contributed by atoms with E-state index in [1.807, 2.05) is 73.8 Å². The maximum atomic E-state index is 12.5. The predicted octanol–water partition coefficient (Wildman–Crippen LogP) is 4.20. The van der Waals surface area contributed by atoms with Gasteiger partial charge in [0.1, 0.15) is 48.7 Å². The van der Waals surface area contributed by atoms with Gasteiger partial charge in [-0.1, -0.05) is 96.3 Å². The molecule has 278 valence electrons. The largest absolute Gasteiger partial charge is 0.404 e. The highest BCUT2D eigenvalue weighted by molar-refractivity contribution is 6.74. The van der Waals surface area contributed by atoms with E-state index < -0.39 is 49.6 Å². The molecule has 0 radical (unpaired) electrons. The van der Waals surface area contributed by atoms with Gasteiger partial charge >= 0.3 is 0 Å². The first-order chi connectivity index (χ1) is 23.0. The quantitative estimate of drug-likeness (QED) is 0.266. The van der Waals surface area contributed by atoms with Crippen LogP contribution >= 0.6 is 0 Å². The Morgan fingerprint density at radius 2 is 1.12 bits per heavy atom. The van der Waals surface area contributed by atoms with Gasteiger partial charge in [0.2, 0.25) is 11.8 Å². The Balaban J connectivity index is 0.000000274. The second-order valence-corrected chi connectivity index (χ2v) is 19.1. The molecule has 0 aromatic heterocycles. The van der Waals surface area contributed by atoms with Gasteiger partial charge in [-0.2, -0.15) is 0 Å². The maximum absolute atomic E-state index is 12.5. The van der Waals surface area contributed by atoms with Crippen LogP contribution in [-0.4, -0.2) is 92.6 Å². The van der Waals surface area contributed by atoms with Crippen LogP contribution in [0.5, 0.6) is 0 Å². The lowest BCUT2D eigenvalue weighted by Gasteiger charge is -2.54. The van der Waals surface area contributed by atoms with Crippen LogP contribution in [0.15, 0.2) is 85.0 Å². The monoisotopic (exact) mass is 724 g/mol.